The third kappa shape index (κ3) is 2.95. The fourth-order valence-electron chi connectivity index (χ4n) is 1.42. The Labute approximate surface area is 93.4 Å². The largest absolute Gasteiger partial charge is 0.477 e. The van der Waals surface area contributed by atoms with Gasteiger partial charge in [0.05, 0.1) is 0 Å². The molecule has 0 fully saturated rings. The van der Waals surface area contributed by atoms with Gasteiger partial charge in [-0.3, -0.25) is 4.79 Å². The molecule has 0 aromatic heterocycles. The lowest BCUT2D eigenvalue weighted by atomic mass is 10.0. The van der Waals surface area contributed by atoms with Crippen LogP contribution in [0.5, 0.6) is 0 Å². The summed E-state index contributed by atoms with van der Waals surface area (Å²) < 4.78 is 0. The first-order chi connectivity index (χ1) is 7.52. The van der Waals surface area contributed by atoms with E-state index in [0.717, 1.165) is 5.56 Å². The number of aliphatic carboxylic acids is 1. The smallest absolute Gasteiger partial charge is 0.341 e. The molecule has 84 valence electrons. The molecule has 0 amide bonds. The fraction of sp³-hybridized carbons (Fsp3) is 0.167. The number of hydrogen-bond acceptors (Lipinski definition) is 3. The molecular formula is C12H13NO3. The van der Waals surface area contributed by atoms with Crippen LogP contribution in [0.15, 0.2) is 41.6 Å². The summed E-state index contributed by atoms with van der Waals surface area (Å²) in [5, 5.41) is 8.83. The molecule has 4 heteroatoms. The van der Waals surface area contributed by atoms with Crippen LogP contribution in [0.3, 0.4) is 0 Å². The van der Waals surface area contributed by atoms with Crippen LogP contribution in [0.1, 0.15) is 12.5 Å². The van der Waals surface area contributed by atoms with E-state index in [9.17, 15) is 9.59 Å². The van der Waals surface area contributed by atoms with Crippen LogP contribution in [-0.4, -0.2) is 16.9 Å². The zero-order valence-corrected chi connectivity index (χ0v) is 8.93. The molecule has 16 heavy (non-hydrogen) atoms. The van der Waals surface area contributed by atoms with Gasteiger partial charge in [-0.2, -0.15) is 0 Å². The average molecular weight is 219 g/mol. The van der Waals surface area contributed by atoms with Crippen LogP contribution >= 0.6 is 0 Å². The average Bonchev–Trinajstić information content (AvgIpc) is 2.17. The van der Waals surface area contributed by atoms with Crippen molar-refractivity contribution >= 4 is 11.8 Å². The van der Waals surface area contributed by atoms with Gasteiger partial charge in [0.15, 0.2) is 5.78 Å². The first-order valence-electron chi connectivity index (χ1n) is 4.79. The van der Waals surface area contributed by atoms with Crippen molar-refractivity contribution in [2.45, 2.75) is 13.3 Å². The van der Waals surface area contributed by atoms with Crippen molar-refractivity contribution in [2.24, 2.45) is 5.73 Å². The Kier molecular flexibility index (Phi) is 3.83. The first-order valence-corrected chi connectivity index (χ1v) is 4.79. The number of ketones is 1. The van der Waals surface area contributed by atoms with Gasteiger partial charge in [-0.05, 0) is 12.5 Å². The Morgan fingerprint density at radius 3 is 2.25 bits per heavy atom. The van der Waals surface area contributed by atoms with E-state index in [4.69, 9.17) is 10.8 Å². The summed E-state index contributed by atoms with van der Waals surface area (Å²) in [6, 6.07) is 9.17. The molecule has 0 bridgehead atoms. The summed E-state index contributed by atoms with van der Waals surface area (Å²) >= 11 is 0. The van der Waals surface area contributed by atoms with E-state index in [1.54, 1.807) is 0 Å². The van der Waals surface area contributed by atoms with Crippen molar-refractivity contribution in [1.82, 2.24) is 0 Å². The maximum absolute atomic E-state index is 11.1. The van der Waals surface area contributed by atoms with E-state index in [0.29, 0.717) is 0 Å². The second kappa shape index (κ2) is 5.11. The monoisotopic (exact) mass is 219 g/mol. The molecule has 0 saturated heterocycles. The lowest BCUT2D eigenvalue weighted by Crippen LogP contribution is -2.18. The predicted molar refractivity (Wildman–Crippen MR) is 59.7 cm³/mol. The lowest BCUT2D eigenvalue weighted by Gasteiger charge is -2.05. The van der Waals surface area contributed by atoms with Gasteiger partial charge in [0, 0.05) is 12.1 Å². The van der Waals surface area contributed by atoms with Crippen LogP contribution < -0.4 is 5.73 Å². The fourth-order valence-corrected chi connectivity index (χ4v) is 1.42. The Morgan fingerprint density at radius 2 is 1.81 bits per heavy atom. The SMILES string of the molecule is CC(=O)C(C(=O)O)=C(N)Cc1ccccc1. The molecule has 1 aromatic rings. The van der Waals surface area contributed by atoms with Gasteiger partial charge in [0.2, 0.25) is 0 Å². The van der Waals surface area contributed by atoms with E-state index in [1.165, 1.54) is 6.92 Å². The van der Waals surface area contributed by atoms with Crippen LogP contribution in [0.2, 0.25) is 0 Å². The summed E-state index contributed by atoms with van der Waals surface area (Å²) in [4.78, 5) is 21.9. The Hall–Kier alpha value is -2.10. The van der Waals surface area contributed by atoms with Gasteiger partial charge in [0.25, 0.3) is 0 Å². The van der Waals surface area contributed by atoms with E-state index in [-0.39, 0.29) is 17.7 Å². The molecular weight excluding hydrogens is 206 g/mol. The summed E-state index contributed by atoms with van der Waals surface area (Å²) in [5.41, 5.74) is 6.26. The minimum atomic E-state index is -1.28. The van der Waals surface area contributed by atoms with Crippen LogP contribution in [0.4, 0.5) is 0 Å². The van der Waals surface area contributed by atoms with Crippen LogP contribution in [0, 0.1) is 0 Å². The standard InChI is InChI=1S/C12H13NO3/c1-8(14)11(12(15)16)10(13)7-9-5-3-2-4-6-9/h2-6H,7,13H2,1H3,(H,15,16). The van der Waals surface area contributed by atoms with Gasteiger partial charge in [0.1, 0.15) is 5.57 Å². The molecule has 4 nitrogen and oxygen atoms in total. The Morgan fingerprint density at radius 1 is 1.25 bits per heavy atom. The number of carboxylic acid groups (broad SMARTS) is 1. The third-order valence-electron chi connectivity index (χ3n) is 2.12. The molecule has 0 spiro atoms. The van der Waals surface area contributed by atoms with Crippen LogP contribution in [-0.2, 0) is 16.0 Å². The topological polar surface area (TPSA) is 80.4 Å². The molecule has 0 atom stereocenters. The number of rotatable bonds is 4. The van der Waals surface area contributed by atoms with Gasteiger partial charge in [-0.1, -0.05) is 30.3 Å². The first kappa shape index (κ1) is 12.0. The predicted octanol–water partition coefficient (Wildman–Crippen LogP) is 1.12. The highest BCUT2D eigenvalue weighted by Crippen LogP contribution is 2.09. The molecule has 0 radical (unpaired) electrons. The van der Waals surface area contributed by atoms with E-state index < -0.39 is 11.8 Å². The van der Waals surface area contributed by atoms with Crippen molar-refractivity contribution in [3.8, 4) is 0 Å². The minimum Gasteiger partial charge on any atom is -0.477 e. The van der Waals surface area contributed by atoms with Gasteiger partial charge in [-0.25, -0.2) is 4.79 Å². The molecule has 3 N–H and O–H groups in total. The highest BCUT2D eigenvalue weighted by Gasteiger charge is 2.17. The Balaban J connectivity index is 2.99. The Bertz CT molecular complexity index is 419. The van der Waals surface area contributed by atoms with Crippen molar-refractivity contribution in [2.75, 3.05) is 0 Å². The third-order valence-corrected chi connectivity index (χ3v) is 2.12. The summed E-state index contributed by atoms with van der Waals surface area (Å²) in [6.07, 6.45) is 0.266. The number of benzene rings is 1. The molecule has 0 saturated carbocycles. The van der Waals surface area contributed by atoms with E-state index in [2.05, 4.69) is 0 Å². The molecule has 1 rings (SSSR count). The minimum absolute atomic E-state index is 0.0891. The second-order valence-corrected chi connectivity index (χ2v) is 3.42. The zero-order chi connectivity index (χ0) is 12.1. The number of carbonyl (C=O) groups is 2. The maximum atomic E-state index is 11.1. The number of allylic oxidation sites excluding steroid dienone is 1. The number of carboxylic acids is 1. The summed E-state index contributed by atoms with van der Waals surface area (Å²) in [5.74, 6) is -1.80. The van der Waals surface area contributed by atoms with E-state index >= 15 is 0 Å². The normalized spacial score (nSPS) is 11.8. The van der Waals surface area contributed by atoms with Gasteiger partial charge >= 0.3 is 5.97 Å². The molecule has 0 aliphatic carbocycles. The molecule has 0 aliphatic rings. The number of Topliss-reactive ketones (excluding diaryl/α,β-unsaturated/α-hetero) is 1. The van der Waals surface area contributed by atoms with Crippen molar-refractivity contribution < 1.29 is 14.7 Å². The highest BCUT2D eigenvalue weighted by atomic mass is 16.4. The van der Waals surface area contributed by atoms with E-state index in [1.807, 2.05) is 30.3 Å². The maximum Gasteiger partial charge on any atom is 0.341 e. The summed E-state index contributed by atoms with van der Waals surface area (Å²) in [7, 11) is 0. The lowest BCUT2D eigenvalue weighted by molar-refractivity contribution is -0.134. The quantitative estimate of drug-likeness (QED) is 0.451. The number of hydrogen-bond donors (Lipinski definition) is 2. The van der Waals surface area contributed by atoms with Crippen molar-refractivity contribution in [1.29, 1.82) is 0 Å². The van der Waals surface area contributed by atoms with Gasteiger partial charge < -0.3 is 10.8 Å². The van der Waals surface area contributed by atoms with Crippen LogP contribution in [0.25, 0.3) is 0 Å². The second-order valence-electron chi connectivity index (χ2n) is 3.42. The zero-order valence-electron chi connectivity index (χ0n) is 8.93. The number of nitrogens with two attached hydrogens (primary N) is 1. The summed E-state index contributed by atoms with van der Waals surface area (Å²) in [6.45, 7) is 1.20. The number of carbonyl (C=O) groups excluding carboxylic acids is 1. The molecule has 0 aliphatic heterocycles. The highest BCUT2D eigenvalue weighted by molar-refractivity contribution is 6.16. The molecule has 0 heterocycles. The van der Waals surface area contributed by atoms with Gasteiger partial charge in [-0.15, -0.1) is 0 Å². The molecule has 0 unspecified atom stereocenters. The molecule has 1 aromatic carbocycles. The van der Waals surface area contributed by atoms with Crippen molar-refractivity contribution in [3.63, 3.8) is 0 Å². The van der Waals surface area contributed by atoms with Crippen molar-refractivity contribution in [3.05, 3.63) is 47.2 Å².